The summed E-state index contributed by atoms with van der Waals surface area (Å²) in [5, 5.41) is 4.44. The first kappa shape index (κ1) is 19.9. The summed E-state index contributed by atoms with van der Waals surface area (Å²) >= 11 is 1.22. The lowest BCUT2D eigenvalue weighted by molar-refractivity contribution is -0.117. The molecule has 0 unspecified atom stereocenters. The molecule has 1 heterocycles. The standard InChI is InChI=1S/C18H21FN2O4S/c1-21(9-3-10-25-14-6-4-13(19)5-7-14)12-16(22)20-15-8-11-26-17(15)18(23)24-2/h4-8,11H,3,9-10,12H2,1-2H3,(H,20,22). The van der Waals surface area contributed by atoms with Gasteiger partial charge < -0.3 is 14.8 Å². The number of likely N-dealkylation sites (N-methyl/N-ethyl adjacent to an activating group) is 1. The molecule has 0 aliphatic heterocycles. The van der Waals surface area contributed by atoms with Gasteiger partial charge in [-0.3, -0.25) is 9.69 Å². The number of hydrogen-bond acceptors (Lipinski definition) is 6. The van der Waals surface area contributed by atoms with Crippen LogP contribution in [0.3, 0.4) is 0 Å². The summed E-state index contributed by atoms with van der Waals surface area (Å²) in [7, 11) is 3.13. The van der Waals surface area contributed by atoms with Crippen LogP contribution >= 0.6 is 11.3 Å². The normalized spacial score (nSPS) is 10.6. The van der Waals surface area contributed by atoms with E-state index in [-0.39, 0.29) is 18.3 Å². The summed E-state index contributed by atoms with van der Waals surface area (Å²) in [5.41, 5.74) is 0.458. The lowest BCUT2D eigenvalue weighted by Crippen LogP contribution is -2.31. The number of carbonyl (C=O) groups excluding carboxylic acids is 2. The molecule has 0 saturated carbocycles. The van der Waals surface area contributed by atoms with Crippen molar-refractivity contribution in [2.75, 3.05) is 39.2 Å². The average molecular weight is 380 g/mol. The van der Waals surface area contributed by atoms with E-state index < -0.39 is 5.97 Å². The van der Waals surface area contributed by atoms with Crippen molar-refractivity contribution in [1.29, 1.82) is 0 Å². The highest BCUT2D eigenvalue weighted by Crippen LogP contribution is 2.23. The number of amides is 1. The third-order valence-corrected chi connectivity index (χ3v) is 4.38. The monoisotopic (exact) mass is 380 g/mol. The predicted octanol–water partition coefficient (Wildman–Crippen LogP) is 3.01. The van der Waals surface area contributed by atoms with Gasteiger partial charge in [0.25, 0.3) is 0 Å². The molecule has 2 rings (SSSR count). The minimum atomic E-state index is -0.471. The average Bonchev–Trinajstić information content (AvgIpc) is 3.07. The van der Waals surface area contributed by atoms with Gasteiger partial charge in [0.1, 0.15) is 16.4 Å². The van der Waals surface area contributed by atoms with Crippen molar-refractivity contribution in [2.45, 2.75) is 6.42 Å². The molecule has 0 radical (unpaired) electrons. The van der Waals surface area contributed by atoms with Crippen LogP contribution in [-0.2, 0) is 9.53 Å². The number of hydrogen-bond donors (Lipinski definition) is 1. The number of esters is 1. The van der Waals surface area contributed by atoms with Crippen LogP contribution in [0.25, 0.3) is 0 Å². The van der Waals surface area contributed by atoms with Crippen LogP contribution < -0.4 is 10.1 Å². The van der Waals surface area contributed by atoms with Gasteiger partial charge in [0, 0.05) is 6.54 Å². The Balaban J connectivity index is 1.69. The van der Waals surface area contributed by atoms with E-state index in [0.717, 1.165) is 0 Å². The van der Waals surface area contributed by atoms with Crippen LogP contribution in [0.15, 0.2) is 35.7 Å². The number of thiophene rings is 1. The Morgan fingerprint density at radius 3 is 2.65 bits per heavy atom. The molecule has 0 atom stereocenters. The zero-order valence-electron chi connectivity index (χ0n) is 14.7. The smallest absolute Gasteiger partial charge is 0.350 e. The Morgan fingerprint density at radius 2 is 1.96 bits per heavy atom. The third-order valence-electron chi connectivity index (χ3n) is 3.49. The van der Waals surface area contributed by atoms with Crippen LogP contribution in [0.5, 0.6) is 5.75 Å². The van der Waals surface area contributed by atoms with E-state index in [9.17, 15) is 14.0 Å². The molecule has 0 aliphatic carbocycles. The van der Waals surface area contributed by atoms with Crippen LogP contribution in [-0.4, -0.2) is 50.6 Å². The molecule has 26 heavy (non-hydrogen) atoms. The highest BCUT2D eigenvalue weighted by atomic mass is 32.1. The van der Waals surface area contributed by atoms with Crippen LogP contribution in [0.4, 0.5) is 10.1 Å². The number of methoxy groups -OCH3 is 1. The number of benzene rings is 1. The van der Waals surface area contributed by atoms with Gasteiger partial charge in [-0.05, 0) is 49.2 Å². The van der Waals surface area contributed by atoms with Crippen molar-refractivity contribution in [3.05, 3.63) is 46.4 Å². The Hall–Kier alpha value is -2.45. The fourth-order valence-corrected chi connectivity index (χ4v) is 2.99. The number of nitrogens with zero attached hydrogens (tertiary/aromatic N) is 1. The molecule has 6 nitrogen and oxygen atoms in total. The van der Waals surface area contributed by atoms with Gasteiger partial charge in [-0.2, -0.15) is 0 Å². The van der Waals surface area contributed by atoms with Gasteiger partial charge in [-0.15, -0.1) is 11.3 Å². The lowest BCUT2D eigenvalue weighted by Gasteiger charge is -2.16. The molecule has 0 fully saturated rings. The number of rotatable bonds is 9. The second kappa shape index (κ2) is 9.88. The van der Waals surface area contributed by atoms with Gasteiger partial charge >= 0.3 is 5.97 Å². The molecule has 1 N–H and O–H groups in total. The maximum absolute atomic E-state index is 12.8. The summed E-state index contributed by atoms with van der Waals surface area (Å²) in [4.78, 5) is 25.9. The number of ether oxygens (including phenoxy) is 2. The van der Waals surface area contributed by atoms with Crippen molar-refractivity contribution in [3.63, 3.8) is 0 Å². The largest absolute Gasteiger partial charge is 0.494 e. The first-order chi connectivity index (χ1) is 12.5. The van der Waals surface area contributed by atoms with Gasteiger partial charge in [0.15, 0.2) is 0 Å². The molecular formula is C18H21FN2O4S. The van der Waals surface area contributed by atoms with Crippen molar-refractivity contribution < 1.29 is 23.5 Å². The summed E-state index contributed by atoms with van der Waals surface area (Å²) in [6.07, 6.45) is 0.715. The summed E-state index contributed by atoms with van der Waals surface area (Å²) in [6, 6.07) is 7.52. The fourth-order valence-electron chi connectivity index (χ4n) is 2.23. The minimum Gasteiger partial charge on any atom is -0.494 e. The maximum Gasteiger partial charge on any atom is 0.350 e. The van der Waals surface area contributed by atoms with Crippen molar-refractivity contribution in [2.24, 2.45) is 0 Å². The fraction of sp³-hybridized carbons (Fsp3) is 0.333. The van der Waals surface area contributed by atoms with Gasteiger partial charge in [0.05, 0.1) is 25.9 Å². The molecule has 1 aromatic heterocycles. The molecule has 8 heteroatoms. The minimum absolute atomic E-state index is 0.188. The summed E-state index contributed by atoms with van der Waals surface area (Å²) in [5.74, 6) is -0.374. The van der Waals surface area contributed by atoms with E-state index in [1.807, 2.05) is 11.9 Å². The number of carbonyl (C=O) groups is 2. The molecule has 1 amide bonds. The highest BCUT2D eigenvalue weighted by Gasteiger charge is 2.16. The summed E-state index contributed by atoms with van der Waals surface area (Å²) in [6.45, 7) is 1.31. The molecule has 0 aliphatic rings. The molecular weight excluding hydrogens is 359 g/mol. The molecule has 2 aromatic rings. The molecule has 0 spiro atoms. The van der Waals surface area contributed by atoms with E-state index in [4.69, 9.17) is 4.74 Å². The predicted molar refractivity (Wildman–Crippen MR) is 98.3 cm³/mol. The molecule has 1 aromatic carbocycles. The molecule has 0 saturated heterocycles. The van der Waals surface area contributed by atoms with E-state index in [0.29, 0.717) is 35.9 Å². The molecule has 140 valence electrons. The second-order valence-corrected chi connectivity index (χ2v) is 6.51. The zero-order valence-corrected chi connectivity index (χ0v) is 15.5. The topological polar surface area (TPSA) is 67.9 Å². The van der Waals surface area contributed by atoms with E-state index >= 15 is 0 Å². The molecule has 0 bridgehead atoms. The van der Waals surface area contributed by atoms with Gasteiger partial charge in [0.2, 0.25) is 5.91 Å². The van der Waals surface area contributed by atoms with Crippen molar-refractivity contribution in [3.8, 4) is 5.75 Å². The van der Waals surface area contributed by atoms with Crippen LogP contribution in [0, 0.1) is 5.82 Å². The number of anilines is 1. The Bertz CT molecular complexity index is 733. The first-order valence-corrected chi connectivity index (χ1v) is 8.90. The highest BCUT2D eigenvalue weighted by molar-refractivity contribution is 7.12. The Morgan fingerprint density at radius 1 is 1.23 bits per heavy atom. The van der Waals surface area contributed by atoms with Gasteiger partial charge in [-0.25, -0.2) is 9.18 Å². The van der Waals surface area contributed by atoms with Gasteiger partial charge in [-0.1, -0.05) is 0 Å². The SMILES string of the molecule is COC(=O)c1sccc1NC(=O)CN(C)CCCOc1ccc(F)cc1. The summed E-state index contributed by atoms with van der Waals surface area (Å²) < 4.78 is 23.0. The quantitative estimate of drug-likeness (QED) is 0.535. The number of nitrogens with one attached hydrogen (secondary N) is 1. The second-order valence-electron chi connectivity index (χ2n) is 5.60. The Kier molecular flexibility index (Phi) is 7.55. The van der Waals surface area contributed by atoms with E-state index in [1.54, 1.807) is 23.6 Å². The van der Waals surface area contributed by atoms with Crippen LogP contribution in [0.1, 0.15) is 16.1 Å². The third kappa shape index (κ3) is 6.12. The number of halogens is 1. The Labute approximate surface area is 155 Å². The van der Waals surface area contributed by atoms with E-state index in [2.05, 4.69) is 10.1 Å². The van der Waals surface area contributed by atoms with Crippen molar-refractivity contribution >= 4 is 28.9 Å². The van der Waals surface area contributed by atoms with Crippen LogP contribution in [0.2, 0.25) is 0 Å². The van der Waals surface area contributed by atoms with Crippen molar-refractivity contribution in [1.82, 2.24) is 4.90 Å². The zero-order chi connectivity index (χ0) is 18.9. The maximum atomic E-state index is 12.8. The first-order valence-electron chi connectivity index (χ1n) is 8.02. The van der Waals surface area contributed by atoms with E-state index in [1.165, 1.54) is 30.6 Å². The lowest BCUT2D eigenvalue weighted by atomic mass is 10.3.